The Bertz CT molecular complexity index is 871. The van der Waals surface area contributed by atoms with Crippen molar-refractivity contribution in [2.24, 2.45) is 0 Å². The number of carbonyl (C=O) groups is 1. The van der Waals surface area contributed by atoms with Gasteiger partial charge >= 0.3 is 0 Å². The fraction of sp³-hybridized carbons (Fsp3) is 0.471. The molecule has 0 saturated heterocycles. The summed E-state index contributed by atoms with van der Waals surface area (Å²) in [5.74, 6) is -0.152. The lowest BCUT2D eigenvalue weighted by molar-refractivity contribution is -0.384. The van der Waals surface area contributed by atoms with Crippen molar-refractivity contribution in [1.29, 1.82) is 0 Å². The van der Waals surface area contributed by atoms with Gasteiger partial charge in [-0.15, -0.1) is 0 Å². The SMILES string of the molecule is CN(C(=O)Cn1cnc2ccc([N+](=O)[O-])cc2c1=O)C1CCCCC1. The van der Waals surface area contributed by atoms with Crippen molar-refractivity contribution in [3.63, 3.8) is 0 Å². The predicted octanol–water partition coefficient (Wildman–Crippen LogP) is 2.10. The van der Waals surface area contributed by atoms with Gasteiger partial charge in [-0.05, 0) is 18.9 Å². The smallest absolute Gasteiger partial charge is 0.270 e. The third kappa shape index (κ3) is 3.52. The summed E-state index contributed by atoms with van der Waals surface area (Å²) in [5, 5.41) is 11.0. The molecule has 0 unspecified atom stereocenters. The molecule has 1 heterocycles. The van der Waals surface area contributed by atoms with Crippen LogP contribution in [0.15, 0.2) is 29.3 Å². The van der Waals surface area contributed by atoms with Gasteiger partial charge in [-0.1, -0.05) is 19.3 Å². The van der Waals surface area contributed by atoms with E-state index in [9.17, 15) is 19.7 Å². The van der Waals surface area contributed by atoms with Crippen LogP contribution in [-0.2, 0) is 11.3 Å². The Morgan fingerprint density at radius 1 is 1.36 bits per heavy atom. The Kier molecular flexibility index (Phi) is 4.78. The standard InChI is InChI=1S/C17H20N4O4/c1-19(12-5-3-2-4-6-12)16(22)10-20-11-18-15-8-7-13(21(24)25)9-14(15)17(20)23/h7-9,11-12H,2-6,10H2,1H3. The molecule has 8 nitrogen and oxygen atoms in total. The minimum Gasteiger partial charge on any atom is -0.341 e. The summed E-state index contributed by atoms with van der Waals surface area (Å²) in [6.07, 6.45) is 6.72. The molecule has 1 saturated carbocycles. The minimum absolute atomic E-state index is 0.114. The second-order valence-corrected chi connectivity index (χ2v) is 6.43. The van der Waals surface area contributed by atoms with Crippen molar-refractivity contribution < 1.29 is 9.72 Å². The predicted molar refractivity (Wildman–Crippen MR) is 92.3 cm³/mol. The van der Waals surface area contributed by atoms with Gasteiger partial charge in [0.1, 0.15) is 6.54 Å². The van der Waals surface area contributed by atoms with Crippen LogP contribution in [0.1, 0.15) is 32.1 Å². The Labute approximate surface area is 144 Å². The van der Waals surface area contributed by atoms with Gasteiger partial charge in [0.15, 0.2) is 0 Å². The van der Waals surface area contributed by atoms with Crippen LogP contribution < -0.4 is 5.56 Å². The lowest BCUT2D eigenvalue weighted by atomic mass is 9.94. The maximum Gasteiger partial charge on any atom is 0.270 e. The zero-order valence-electron chi connectivity index (χ0n) is 14.1. The number of non-ortho nitro benzene ring substituents is 1. The number of benzene rings is 1. The first-order chi connectivity index (χ1) is 12.0. The molecule has 25 heavy (non-hydrogen) atoms. The summed E-state index contributed by atoms with van der Waals surface area (Å²) >= 11 is 0. The highest BCUT2D eigenvalue weighted by molar-refractivity contribution is 5.81. The van der Waals surface area contributed by atoms with E-state index in [0.29, 0.717) is 5.52 Å². The van der Waals surface area contributed by atoms with E-state index in [-0.39, 0.29) is 29.6 Å². The normalized spacial score (nSPS) is 15.2. The summed E-state index contributed by atoms with van der Waals surface area (Å²) in [6.45, 7) is -0.114. The topological polar surface area (TPSA) is 98.3 Å². The minimum atomic E-state index is -0.557. The first-order valence-corrected chi connectivity index (χ1v) is 8.36. The third-order valence-corrected chi connectivity index (χ3v) is 4.84. The zero-order chi connectivity index (χ0) is 18.0. The van der Waals surface area contributed by atoms with Crippen molar-refractivity contribution in [2.45, 2.75) is 44.7 Å². The number of nitro benzene ring substituents is 1. The molecule has 0 spiro atoms. The molecule has 8 heteroatoms. The van der Waals surface area contributed by atoms with Crippen LogP contribution in [0.2, 0.25) is 0 Å². The van der Waals surface area contributed by atoms with E-state index in [0.717, 1.165) is 25.7 Å². The molecular weight excluding hydrogens is 324 g/mol. The van der Waals surface area contributed by atoms with Crippen molar-refractivity contribution in [1.82, 2.24) is 14.5 Å². The monoisotopic (exact) mass is 344 g/mol. The summed E-state index contributed by atoms with van der Waals surface area (Å²) < 4.78 is 1.22. The molecule has 2 aromatic rings. The number of fused-ring (bicyclic) bond motifs is 1. The lowest BCUT2D eigenvalue weighted by Crippen LogP contribution is -2.41. The van der Waals surface area contributed by atoms with Crippen LogP contribution in [0.25, 0.3) is 10.9 Å². The second-order valence-electron chi connectivity index (χ2n) is 6.43. The molecule has 1 aliphatic carbocycles. The van der Waals surface area contributed by atoms with E-state index in [2.05, 4.69) is 4.98 Å². The van der Waals surface area contributed by atoms with Crippen molar-refractivity contribution >= 4 is 22.5 Å². The summed E-state index contributed by atoms with van der Waals surface area (Å²) in [5.41, 5.74) is -0.242. The quantitative estimate of drug-likeness (QED) is 0.625. The molecule has 0 aliphatic heterocycles. The van der Waals surface area contributed by atoms with Gasteiger partial charge in [-0.25, -0.2) is 4.98 Å². The highest BCUT2D eigenvalue weighted by atomic mass is 16.6. The molecule has 1 aromatic carbocycles. The number of nitro groups is 1. The molecule has 0 bridgehead atoms. The number of hydrogen-bond acceptors (Lipinski definition) is 5. The van der Waals surface area contributed by atoms with Gasteiger partial charge in [0.2, 0.25) is 5.91 Å². The van der Waals surface area contributed by atoms with Crippen LogP contribution in [0.4, 0.5) is 5.69 Å². The fourth-order valence-corrected chi connectivity index (χ4v) is 3.30. The van der Waals surface area contributed by atoms with Crippen molar-refractivity contribution in [3.05, 3.63) is 45.0 Å². The van der Waals surface area contributed by atoms with Gasteiger partial charge in [0.25, 0.3) is 11.2 Å². The van der Waals surface area contributed by atoms with Gasteiger partial charge in [-0.3, -0.25) is 24.3 Å². The number of carbonyl (C=O) groups excluding carboxylic acids is 1. The molecule has 1 aromatic heterocycles. The third-order valence-electron chi connectivity index (χ3n) is 4.84. The molecule has 1 aliphatic rings. The van der Waals surface area contributed by atoms with Gasteiger partial charge < -0.3 is 4.90 Å². The lowest BCUT2D eigenvalue weighted by Gasteiger charge is -2.31. The molecule has 0 radical (unpaired) electrons. The van der Waals surface area contributed by atoms with Crippen molar-refractivity contribution in [2.75, 3.05) is 7.05 Å². The van der Waals surface area contributed by atoms with Gasteiger partial charge in [-0.2, -0.15) is 0 Å². The molecule has 0 atom stereocenters. The number of likely N-dealkylation sites (N-methyl/N-ethyl adjacent to an activating group) is 1. The highest BCUT2D eigenvalue weighted by Crippen LogP contribution is 2.22. The van der Waals surface area contributed by atoms with Crippen LogP contribution in [-0.4, -0.2) is 38.4 Å². The van der Waals surface area contributed by atoms with E-state index < -0.39 is 10.5 Å². The Morgan fingerprint density at radius 2 is 2.08 bits per heavy atom. The van der Waals surface area contributed by atoms with E-state index >= 15 is 0 Å². The largest absolute Gasteiger partial charge is 0.341 e. The molecule has 1 amide bonds. The van der Waals surface area contributed by atoms with E-state index in [4.69, 9.17) is 0 Å². The number of aromatic nitrogens is 2. The Balaban J connectivity index is 1.85. The highest BCUT2D eigenvalue weighted by Gasteiger charge is 2.22. The Hall–Kier alpha value is -2.77. The second kappa shape index (κ2) is 7.00. The van der Waals surface area contributed by atoms with Crippen molar-refractivity contribution in [3.8, 4) is 0 Å². The fourth-order valence-electron chi connectivity index (χ4n) is 3.30. The molecule has 132 valence electrons. The first kappa shape index (κ1) is 17.1. The molecular formula is C17H20N4O4. The molecule has 1 fully saturated rings. The van der Waals surface area contributed by atoms with Crippen LogP contribution >= 0.6 is 0 Å². The first-order valence-electron chi connectivity index (χ1n) is 8.36. The number of hydrogen-bond donors (Lipinski definition) is 0. The maximum atomic E-state index is 12.6. The number of nitrogens with zero attached hydrogens (tertiary/aromatic N) is 4. The van der Waals surface area contributed by atoms with E-state index in [1.807, 2.05) is 0 Å². The maximum absolute atomic E-state index is 12.6. The van der Waals surface area contributed by atoms with Crippen LogP contribution in [0, 0.1) is 10.1 Å². The van der Waals surface area contributed by atoms with Crippen LogP contribution in [0.3, 0.4) is 0 Å². The molecule has 0 N–H and O–H groups in total. The molecule has 3 rings (SSSR count). The van der Waals surface area contributed by atoms with Crippen LogP contribution in [0.5, 0.6) is 0 Å². The summed E-state index contributed by atoms with van der Waals surface area (Å²) in [4.78, 5) is 41.3. The average Bonchev–Trinajstić information content (AvgIpc) is 2.63. The van der Waals surface area contributed by atoms with E-state index in [1.54, 1.807) is 11.9 Å². The zero-order valence-corrected chi connectivity index (χ0v) is 14.1. The Morgan fingerprint density at radius 3 is 2.76 bits per heavy atom. The summed E-state index contributed by atoms with van der Waals surface area (Å²) in [6, 6.07) is 4.17. The number of rotatable bonds is 4. The van der Waals surface area contributed by atoms with Gasteiger partial charge in [0, 0.05) is 25.2 Å². The summed E-state index contributed by atoms with van der Waals surface area (Å²) in [7, 11) is 1.77. The van der Waals surface area contributed by atoms with E-state index in [1.165, 1.54) is 35.5 Å². The van der Waals surface area contributed by atoms with Gasteiger partial charge in [0.05, 0.1) is 22.2 Å². The average molecular weight is 344 g/mol. The number of amides is 1.